The zero-order valence-corrected chi connectivity index (χ0v) is 11.4. The Morgan fingerprint density at radius 3 is 2.40 bits per heavy atom. The fraction of sp³-hybridized carbons (Fsp3) is 0. The van der Waals surface area contributed by atoms with Crippen LogP contribution in [0.25, 0.3) is 23.0 Å². The van der Waals surface area contributed by atoms with Crippen LogP contribution in [0.15, 0.2) is 35.1 Å². The molecule has 0 aliphatic rings. The number of nitrogens with two attached hydrogens (primary N) is 1. The molecular formula is C12H7Cl2N5O. The Morgan fingerprint density at radius 1 is 1.00 bits per heavy atom. The van der Waals surface area contributed by atoms with E-state index in [0.717, 1.165) is 0 Å². The molecule has 20 heavy (non-hydrogen) atoms. The first kappa shape index (κ1) is 12.8. The Hall–Kier alpha value is -2.18. The fourth-order valence-electron chi connectivity index (χ4n) is 1.63. The third-order valence-electron chi connectivity index (χ3n) is 2.48. The van der Waals surface area contributed by atoms with E-state index in [1.807, 2.05) is 0 Å². The normalized spacial score (nSPS) is 10.7. The van der Waals surface area contributed by atoms with Crippen molar-refractivity contribution in [2.75, 3.05) is 5.73 Å². The summed E-state index contributed by atoms with van der Waals surface area (Å²) in [5, 5.41) is 4.83. The third kappa shape index (κ3) is 2.43. The van der Waals surface area contributed by atoms with Crippen LogP contribution in [0, 0.1) is 0 Å². The van der Waals surface area contributed by atoms with Gasteiger partial charge in [-0.3, -0.25) is 0 Å². The van der Waals surface area contributed by atoms with Gasteiger partial charge < -0.3 is 10.3 Å². The van der Waals surface area contributed by atoms with Crippen molar-refractivity contribution in [3.8, 4) is 23.0 Å². The lowest BCUT2D eigenvalue weighted by atomic mass is 10.2. The van der Waals surface area contributed by atoms with Crippen LogP contribution >= 0.6 is 23.2 Å². The molecular weight excluding hydrogens is 301 g/mol. The number of aromatic nitrogens is 4. The maximum Gasteiger partial charge on any atom is 0.280 e. The van der Waals surface area contributed by atoms with Gasteiger partial charge in [-0.15, -0.1) is 0 Å². The van der Waals surface area contributed by atoms with Gasteiger partial charge in [-0.1, -0.05) is 28.4 Å². The molecule has 0 bridgehead atoms. The van der Waals surface area contributed by atoms with Crippen molar-refractivity contribution >= 4 is 29.0 Å². The molecule has 2 heterocycles. The Bertz CT molecular complexity index is 754. The van der Waals surface area contributed by atoms with Gasteiger partial charge in [0.15, 0.2) is 11.5 Å². The Kier molecular flexibility index (Phi) is 3.25. The smallest absolute Gasteiger partial charge is 0.280 e. The first-order valence-corrected chi connectivity index (χ1v) is 6.26. The maximum absolute atomic E-state index is 5.94. The molecule has 0 aliphatic carbocycles. The van der Waals surface area contributed by atoms with E-state index < -0.39 is 0 Å². The molecule has 3 rings (SSSR count). The van der Waals surface area contributed by atoms with Crippen LogP contribution in [0.1, 0.15) is 0 Å². The minimum Gasteiger partial charge on any atom is -0.382 e. The van der Waals surface area contributed by atoms with Crippen molar-refractivity contribution in [2.45, 2.75) is 0 Å². The first-order valence-electron chi connectivity index (χ1n) is 5.50. The molecule has 0 radical (unpaired) electrons. The van der Waals surface area contributed by atoms with Crippen LogP contribution in [-0.2, 0) is 0 Å². The molecule has 0 saturated heterocycles. The van der Waals surface area contributed by atoms with Crippen molar-refractivity contribution < 1.29 is 4.52 Å². The van der Waals surface area contributed by atoms with Gasteiger partial charge in [-0.25, -0.2) is 9.97 Å². The average Bonchev–Trinajstić information content (AvgIpc) is 2.87. The fourth-order valence-corrected chi connectivity index (χ4v) is 2.16. The van der Waals surface area contributed by atoms with Crippen molar-refractivity contribution in [3.05, 3.63) is 40.6 Å². The minimum absolute atomic E-state index is 0.182. The highest BCUT2D eigenvalue weighted by Gasteiger charge is 2.15. The molecule has 0 spiro atoms. The number of nitrogen functional groups attached to an aromatic ring is 1. The molecule has 6 nitrogen and oxygen atoms in total. The van der Waals surface area contributed by atoms with Gasteiger partial charge in [0, 0.05) is 28.0 Å². The Morgan fingerprint density at radius 2 is 1.70 bits per heavy atom. The van der Waals surface area contributed by atoms with Gasteiger partial charge >= 0.3 is 0 Å². The van der Waals surface area contributed by atoms with E-state index in [2.05, 4.69) is 20.1 Å². The van der Waals surface area contributed by atoms with Crippen molar-refractivity contribution in [3.63, 3.8) is 0 Å². The van der Waals surface area contributed by atoms with Crippen molar-refractivity contribution in [1.82, 2.24) is 20.1 Å². The zero-order valence-electron chi connectivity index (χ0n) is 9.92. The van der Waals surface area contributed by atoms with Crippen LogP contribution in [0.3, 0.4) is 0 Å². The zero-order chi connectivity index (χ0) is 14.1. The number of anilines is 1. The summed E-state index contributed by atoms with van der Waals surface area (Å²) in [4.78, 5) is 12.2. The van der Waals surface area contributed by atoms with E-state index in [9.17, 15) is 0 Å². The lowest BCUT2D eigenvalue weighted by molar-refractivity contribution is 0.431. The standard InChI is InChI=1S/C12H7Cl2N5O/c13-7-3-6(4-8(14)5-7)11-18-12(20-19-11)9-10(15)17-2-1-16-9/h1-5H,(H2,15,17). The van der Waals surface area contributed by atoms with Crippen LogP contribution in [0.4, 0.5) is 5.82 Å². The van der Waals surface area contributed by atoms with Crippen molar-refractivity contribution in [1.29, 1.82) is 0 Å². The number of hydrogen-bond donors (Lipinski definition) is 1. The topological polar surface area (TPSA) is 90.7 Å². The second kappa shape index (κ2) is 5.07. The summed E-state index contributed by atoms with van der Waals surface area (Å²) in [7, 11) is 0. The number of benzene rings is 1. The summed E-state index contributed by atoms with van der Waals surface area (Å²) in [6, 6.07) is 4.98. The summed E-state index contributed by atoms with van der Waals surface area (Å²) < 4.78 is 5.14. The van der Waals surface area contributed by atoms with E-state index in [4.69, 9.17) is 33.5 Å². The van der Waals surface area contributed by atoms with E-state index in [0.29, 0.717) is 27.1 Å². The van der Waals surface area contributed by atoms with E-state index in [1.165, 1.54) is 12.4 Å². The van der Waals surface area contributed by atoms with Gasteiger partial charge in [0.1, 0.15) is 0 Å². The number of hydrogen-bond acceptors (Lipinski definition) is 6. The number of rotatable bonds is 2. The molecule has 0 atom stereocenters. The van der Waals surface area contributed by atoms with Crippen LogP contribution in [-0.4, -0.2) is 20.1 Å². The molecule has 100 valence electrons. The Balaban J connectivity index is 2.04. The monoisotopic (exact) mass is 307 g/mol. The molecule has 0 aliphatic heterocycles. The quantitative estimate of drug-likeness (QED) is 0.782. The number of halogens is 2. The van der Waals surface area contributed by atoms with Gasteiger partial charge in [-0.05, 0) is 18.2 Å². The van der Waals surface area contributed by atoms with Crippen LogP contribution in [0.2, 0.25) is 10.0 Å². The van der Waals surface area contributed by atoms with E-state index >= 15 is 0 Å². The average molecular weight is 308 g/mol. The van der Waals surface area contributed by atoms with Gasteiger partial charge in [0.25, 0.3) is 5.89 Å². The summed E-state index contributed by atoms with van der Waals surface area (Å²) in [5.74, 6) is 0.739. The summed E-state index contributed by atoms with van der Waals surface area (Å²) in [6.07, 6.45) is 2.97. The van der Waals surface area contributed by atoms with E-state index in [-0.39, 0.29) is 11.7 Å². The summed E-state index contributed by atoms with van der Waals surface area (Å²) >= 11 is 11.9. The highest BCUT2D eigenvalue weighted by atomic mass is 35.5. The molecule has 8 heteroatoms. The lowest BCUT2D eigenvalue weighted by Crippen LogP contribution is -1.96. The predicted octanol–water partition coefficient (Wildman–Crippen LogP) is 3.08. The molecule has 3 aromatic rings. The maximum atomic E-state index is 5.94. The first-order chi connectivity index (χ1) is 9.63. The molecule has 0 amide bonds. The molecule has 2 aromatic heterocycles. The molecule has 0 fully saturated rings. The van der Waals surface area contributed by atoms with Crippen molar-refractivity contribution in [2.24, 2.45) is 0 Å². The third-order valence-corrected chi connectivity index (χ3v) is 2.91. The van der Waals surface area contributed by atoms with Crippen LogP contribution < -0.4 is 5.73 Å². The minimum atomic E-state index is 0.182. The highest BCUT2D eigenvalue weighted by Crippen LogP contribution is 2.27. The van der Waals surface area contributed by atoms with E-state index in [1.54, 1.807) is 18.2 Å². The van der Waals surface area contributed by atoms with Gasteiger partial charge in [0.05, 0.1) is 0 Å². The molecule has 0 saturated carbocycles. The highest BCUT2D eigenvalue weighted by molar-refractivity contribution is 6.35. The predicted molar refractivity (Wildman–Crippen MR) is 75.2 cm³/mol. The SMILES string of the molecule is Nc1nccnc1-c1nc(-c2cc(Cl)cc(Cl)c2)no1. The molecule has 1 aromatic carbocycles. The van der Waals surface area contributed by atoms with Gasteiger partial charge in [-0.2, -0.15) is 4.98 Å². The largest absolute Gasteiger partial charge is 0.382 e. The molecule has 0 unspecified atom stereocenters. The Labute approximate surface area is 123 Å². The summed E-state index contributed by atoms with van der Waals surface area (Å²) in [6.45, 7) is 0. The lowest BCUT2D eigenvalue weighted by Gasteiger charge is -1.97. The number of nitrogens with zero attached hydrogens (tertiary/aromatic N) is 4. The summed E-state index contributed by atoms with van der Waals surface area (Å²) in [5.41, 5.74) is 6.68. The molecule has 2 N–H and O–H groups in total. The van der Waals surface area contributed by atoms with Gasteiger partial charge in [0.2, 0.25) is 5.82 Å². The second-order valence-corrected chi connectivity index (χ2v) is 4.74. The van der Waals surface area contributed by atoms with Crippen LogP contribution in [0.5, 0.6) is 0 Å². The second-order valence-electron chi connectivity index (χ2n) is 3.87.